The van der Waals surface area contributed by atoms with Crippen LogP contribution in [0.3, 0.4) is 0 Å². The number of rotatable bonds is 3. The van der Waals surface area contributed by atoms with Gasteiger partial charge in [-0.15, -0.1) is 0 Å². The molecule has 0 aliphatic carbocycles. The van der Waals surface area contributed by atoms with Crippen LogP contribution >= 0.6 is 0 Å². The largest absolute Gasteiger partial charge is 0.436 e. The molecule has 2 aromatic rings. The van der Waals surface area contributed by atoms with Crippen LogP contribution in [-0.2, 0) is 0 Å². The summed E-state index contributed by atoms with van der Waals surface area (Å²) >= 11 is 0. The molecule has 0 saturated carbocycles. The molecule has 2 rings (SSSR count). The molecule has 0 spiro atoms. The molecule has 1 heterocycles. The van der Waals surface area contributed by atoms with Crippen molar-refractivity contribution in [1.82, 2.24) is 9.97 Å². The zero-order chi connectivity index (χ0) is 13.1. The number of benzene rings is 1. The first-order valence-electron chi connectivity index (χ1n) is 5.56. The van der Waals surface area contributed by atoms with Gasteiger partial charge >= 0.3 is 0 Å². The SMILES string of the molecule is CNc1ncc(F)c(Oc2cccc(C)c2C)n1. The van der Waals surface area contributed by atoms with Gasteiger partial charge in [-0.1, -0.05) is 12.1 Å². The number of aryl methyl sites for hydroxylation is 1. The molecule has 0 bridgehead atoms. The van der Waals surface area contributed by atoms with Crippen LogP contribution in [0.4, 0.5) is 10.3 Å². The molecule has 18 heavy (non-hydrogen) atoms. The zero-order valence-electron chi connectivity index (χ0n) is 10.5. The van der Waals surface area contributed by atoms with Crippen molar-refractivity contribution in [3.63, 3.8) is 0 Å². The van der Waals surface area contributed by atoms with Crippen molar-refractivity contribution < 1.29 is 9.13 Å². The summed E-state index contributed by atoms with van der Waals surface area (Å²) in [5.74, 6) is 0.240. The molecule has 4 nitrogen and oxygen atoms in total. The highest BCUT2D eigenvalue weighted by atomic mass is 19.1. The molecular formula is C13H14FN3O. The minimum Gasteiger partial charge on any atom is -0.436 e. The summed E-state index contributed by atoms with van der Waals surface area (Å²) in [7, 11) is 1.66. The Balaban J connectivity index is 2.36. The van der Waals surface area contributed by atoms with Gasteiger partial charge in [0.15, 0.2) is 0 Å². The molecule has 1 aromatic heterocycles. The average molecular weight is 247 g/mol. The van der Waals surface area contributed by atoms with Crippen LogP contribution in [-0.4, -0.2) is 17.0 Å². The molecule has 0 fully saturated rings. The number of aromatic nitrogens is 2. The first kappa shape index (κ1) is 12.3. The van der Waals surface area contributed by atoms with E-state index < -0.39 is 5.82 Å². The summed E-state index contributed by atoms with van der Waals surface area (Å²) in [5.41, 5.74) is 2.04. The van der Waals surface area contributed by atoms with Crippen molar-refractivity contribution in [1.29, 1.82) is 0 Å². The second-order valence-corrected chi connectivity index (χ2v) is 3.90. The van der Waals surface area contributed by atoms with Gasteiger partial charge in [0.25, 0.3) is 5.88 Å². The highest BCUT2D eigenvalue weighted by Crippen LogP contribution is 2.27. The van der Waals surface area contributed by atoms with Gasteiger partial charge in [0.2, 0.25) is 11.8 Å². The highest BCUT2D eigenvalue weighted by molar-refractivity contribution is 5.41. The van der Waals surface area contributed by atoms with E-state index in [1.807, 2.05) is 26.0 Å². The molecular weight excluding hydrogens is 233 g/mol. The smallest absolute Gasteiger partial charge is 0.260 e. The van der Waals surface area contributed by atoms with Crippen molar-refractivity contribution in [2.75, 3.05) is 12.4 Å². The Kier molecular flexibility index (Phi) is 3.41. The van der Waals surface area contributed by atoms with E-state index in [1.54, 1.807) is 13.1 Å². The van der Waals surface area contributed by atoms with E-state index in [9.17, 15) is 4.39 Å². The summed E-state index contributed by atoms with van der Waals surface area (Å²) in [6.07, 6.45) is 1.08. The van der Waals surface area contributed by atoms with Gasteiger partial charge < -0.3 is 10.1 Å². The van der Waals surface area contributed by atoms with Crippen molar-refractivity contribution in [2.45, 2.75) is 13.8 Å². The summed E-state index contributed by atoms with van der Waals surface area (Å²) < 4.78 is 19.0. The van der Waals surface area contributed by atoms with Crippen LogP contribution in [0.25, 0.3) is 0 Å². The maximum atomic E-state index is 13.5. The first-order valence-corrected chi connectivity index (χ1v) is 5.56. The number of hydrogen-bond donors (Lipinski definition) is 1. The molecule has 0 saturated heterocycles. The predicted molar refractivity (Wildman–Crippen MR) is 67.5 cm³/mol. The molecule has 5 heteroatoms. The van der Waals surface area contributed by atoms with Crippen LogP contribution in [0.15, 0.2) is 24.4 Å². The lowest BCUT2D eigenvalue weighted by atomic mass is 10.1. The van der Waals surface area contributed by atoms with Crippen LogP contribution in [0, 0.1) is 19.7 Å². The number of ether oxygens (including phenoxy) is 1. The van der Waals surface area contributed by atoms with E-state index in [1.165, 1.54) is 0 Å². The van der Waals surface area contributed by atoms with E-state index in [4.69, 9.17) is 4.74 Å². The van der Waals surface area contributed by atoms with E-state index in [-0.39, 0.29) is 5.88 Å². The number of halogens is 1. The Hall–Kier alpha value is -2.17. The molecule has 0 radical (unpaired) electrons. The van der Waals surface area contributed by atoms with Crippen LogP contribution < -0.4 is 10.1 Å². The normalized spacial score (nSPS) is 10.2. The van der Waals surface area contributed by atoms with Gasteiger partial charge in [-0.3, -0.25) is 0 Å². The number of nitrogens with zero attached hydrogens (tertiary/aromatic N) is 2. The third-order valence-electron chi connectivity index (χ3n) is 2.70. The van der Waals surface area contributed by atoms with Crippen molar-refractivity contribution in [3.8, 4) is 11.6 Å². The summed E-state index contributed by atoms with van der Waals surface area (Å²) in [4.78, 5) is 7.70. The first-order chi connectivity index (χ1) is 8.61. The van der Waals surface area contributed by atoms with Gasteiger partial charge in [0.05, 0.1) is 6.20 Å². The van der Waals surface area contributed by atoms with E-state index in [0.717, 1.165) is 17.3 Å². The Labute approximate surface area is 105 Å². The quantitative estimate of drug-likeness (QED) is 0.905. The van der Waals surface area contributed by atoms with E-state index in [2.05, 4.69) is 15.3 Å². The summed E-state index contributed by atoms with van der Waals surface area (Å²) in [6.45, 7) is 3.89. The van der Waals surface area contributed by atoms with Gasteiger partial charge in [-0.25, -0.2) is 4.98 Å². The minimum atomic E-state index is -0.588. The third-order valence-corrected chi connectivity index (χ3v) is 2.70. The molecule has 0 atom stereocenters. The fourth-order valence-electron chi connectivity index (χ4n) is 1.48. The maximum Gasteiger partial charge on any atom is 0.260 e. The topological polar surface area (TPSA) is 47.0 Å². The maximum absolute atomic E-state index is 13.5. The zero-order valence-corrected chi connectivity index (χ0v) is 10.5. The molecule has 0 aliphatic rings. The average Bonchev–Trinajstić information content (AvgIpc) is 2.37. The molecule has 0 unspecified atom stereocenters. The molecule has 94 valence electrons. The van der Waals surface area contributed by atoms with E-state index >= 15 is 0 Å². The molecule has 1 N–H and O–H groups in total. The fraction of sp³-hybridized carbons (Fsp3) is 0.231. The Morgan fingerprint density at radius 3 is 2.78 bits per heavy atom. The third kappa shape index (κ3) is 2.40. The van der Waals surface area contributed by atoms with Crippen LogP contribution in [0.1, 0.15) is 11.1 Å². The van der Waals surface area contributed by atoms with Gasteiger partial charge in [0.1, 0.15) is 5.75 Å². The summed E-state index contributed by atoms with van der Waals surface area (Å²) in [6, 6.07) is 5.61. The van der Waals surface area contributed by atoms with E-state index in [0.29, 0.717) is 11.7 Å². The Bertz CT molecular complexity index is 572. The molecule has 0 aliphatic heterocycles. The van der Waals surface area contributed by atoms with Gasteiger partial charge in [-0.05, 0) is 31.0 Å². The van der Waals surface area contributed by atoms with Crippen LogP contribution in [0.2, 0.25) is 0 Å². The molecule has 0 amide bonds. The van der Waals surface area contributed by atoms with Crippen LogP contribution in [0.5, 0.6) is 11.6 Å². The lowest BCUT2D eigenvalue weighted by Crippen LogP contribution is -2.01. The standard InChI is InChI=1S/C13H14FN3O/c1-8-5-4-6-11(9(8)2)18-12-10(14)7-16-13(15-3)17-12/h4-7H,1-3H3,(H,15,16,17). The summed E-state index contributed by atoms with van der Waals surface area (Å²) in [5, 5.41) is 2.74. The molecule has 1 aromatic carbocycles. The Morgan fingerprint density at radius 1 is 1.28 bits per heavy atom. The predicted octanol–water partition coefficient (Wildman–Crippen LogP) is 3.07. The van der Waals surface area contributed by atoms with Gasteiger partial charge in [0, 0.05) is 7.05 Å². The Morgan fingerprint density at radius 2 is 2.06 bits per heavy atom. The fourth-order valence-corrected chi connectivity index (χ4v) is 1.48. The van der Waals surface area contributed by atoms with Crippen molar-refractivity contribution in [2.24, 2.45) is 0 Å². The minimum absolute atomic E-state index is 0.0805. The number of hydrogen-bond acceptors (Lipinski definition) is 4. The number of anilines is 1. The monoisotopic (exact) mass is 247 g/mol. The van der Waals surface area contributed by atoms with Gasteiger partial charge in [-0.2, -0.15) is 9.37 Å². The van der Waals surface area contributed by atoms with Crippen molar-refractivity contribution in [3.05, 3.63) is 41.3 Å². The second kappa shape index (κ2) is 5.00. The highest BCUT2D eigenvalue weighted by Gasteiger charge is 2.10. The lowest BCUT2D eigenvalue weighted by Gasteiger charge is -2.10. The second-order valence-electron chi connectivity index (χ2n) is 3.90. The number of nitrogens with one attached hydrogen (secondary N) is 1. The lowest BCUT2D eigenvalue weighted by molar-refractivity contribution is 0.418. The van der Waals surface area contributed by atoms with Crippen molar-refractivity contribution >= 4 is 5.95 Å².